The SMILES string of the molecule is C=CCN(CC=C)C(C=C)c1cc(O)c(C(C=C)N(CC=C)CC=C)c(C(C=C)N(CC=C)CC=C)c1C(C=C)N(CC=C)CC=C. The van der Waals surface area contributed by atoms with Gasteiger partial charge in [-0.2, -0.15) is 0 Å². The Morgan fingerprint density at radius 1 is 0.404 bits per heavy atom. The van der Waals surface area contributed by atoms with Crippen LogP contribution in [0.1, 0.15) is 46.4 Å². The summed E-state index contributed by atoms with van der Waals surface area (Å²) in [6.07, 6.45) is 22.5. The fraction of sp³-hybridized carbons (Fsp3) is 0.286. The summed E-state index contributed by atoms with van der Waals surface area (Å²) in [5.41, 5.74) is 3.48. The number of rotatable bonds is 28. The first-order chi connectivity index (χ1) is 22.8. The monoisotopic (exact) mass is 634 g/mol. The van der Waals surface area contributed by atoms with Crippen molar-refractivity contribution < 1.29 is 5.11 Å². The lowest BCUT2D eigenvalue weighted by Crippen LogP contribution is -2.37. The van der Waals surface area contributed by atoms with E-state index in [4.69, 9.17) is 0 Å². The topological polar surface area (TPSA) is 33.2 Å². The van der Waals surface area contributed by atoms with E-state index in [9.17, 15) is 5.11 Å². The molecule has 1 rings (SSSR count). The zero-order valence-electron chi connectivity index (χ0n) is 28.7. The zero-order chi connectivity index (χ0) is 35.4. The van der Waals surface area contributed by atoms with E-state index < -0.39 is 6.04 Å². The third-order valence-corrected chi connectivity index (χ3v) is 8.04. The Labute approximate surface area is 286 Å². The fourth-order valence-electron chi connectivity index (χ4n) is 6.30. The number of benzene rings is 1. The molecule has 0 saturated heterocycles. The second-order valence-electron chi connectivity index (χ2n) is 11.1. The first kappa shape index (κ1) is 40.8. The van der Waals surface area contributed by atoms with E-state index in [2.05, 4.69) is 98.5 Å². The summed E-state index contributed by atoms with van der Waals surface area (Å²) in [4.78, 5) is 8.85. The van der Waals surface area contributed by atoms with Crippen molar-refractivity contribution in [1.29, 1.82) is 0 Å². The Morgan fingerprint density at radius 3 is 0.936 bits per heavy atom. The largest absolute Gasteiger partial charge is 0.508 e. The Balaban J connectivity index is 4.79. The minimum absolute atomic E-state index is 0.136. The molecule has 0 aliphatic rings. The van der Waals surface area contributed by atoms with Crippen LogP contribution in [0.15, 0.2) is 158 Å². The van der Waals surface area contributed by atoms with E-state index in [0.717, 1.165) is 22.3 Å². The van der Waals surface area contributed by atoms with Gasteiger partial charge >= 0.3 is 0 Å². The molecule has 0 radical (unpaired) electrons. The minimum Gasteiger partial charge on any atom is -0.508 e. The maximum absolute atomic E-state index is 12.3. The van der Waals surface area contributed by atoms with Gasteiger partial charge in [0, 0.05) is 57.9 Å². The summed E-state index contributed by atoms with van der Waals surface area (Å²) in [7, 11) is 0. The second-order valence-corrected chi connectivity index (χ2v) is 11.1. The van der Waals surface area contributed by atoms with Gasteiger partial charge in [-0.1, -0.05) is 72.9 Å². The number of aromatic hydroxyl groups is 1. The highest BCUT2D eigenvalue weighted by Gasteiger charge is 2.36. The van der Waals surface area contributed by atoms with Crippen LogP contribution in [0.25, 0.3) is 0 Å². The molecular formula is C42H58N4O. The average molecular weight is 635 g/mol. The standard InChI is InChI=1S/C42H58N4O/c1-13-25-43(26-14-2)35(21-9)34-33-39(47)41(37(23-11)45(29-17-5)30-18-6)42(38(24-12)46(31-19-7)32-20-8)40(34)36(22-10)44(27-15-3)28-16-4/h13-24,33,35-38,47H,1-12,25-32H2. The van der Waals surface area contributed by atoms with Gasteiger partial charge in [0.1, 0.15) is 5.75 Å². The van der Waals surface area contributed by atoms with E-state index in [1.54, 1.807) is 0 Å². The van der Waals surface area contributed by atoms with Crippen LogP contribution in [-0.4, -0.2) is 77.1 Å². The zero-order valence-corrected chi connectivity index (χ0v) is 28.7. The van der Waals surface area contributed by atoms with Gasteiger partial charge in [0.05, 0.1) is 24.2 Å². The normalized spacial score (nSPS) is 13.6. The molecule has 1 aromatic carbocycles. The summed E-state index contributed by atoms with van der Waals surface area (Å²) in [6.45, 7) is 53.9. The van der Waals surface area contributed by atoms with Gasteiger partial charge in [0.2, 0.25) is 0 Å². The highest BCUT2D eigenvalue weighted by atomic mass is 16.3. The molecule has 1 N–H and O–H groups in total. The van der Waals surface area contributed by atoms with Crippen LogP contribution in [0.4, 0.5) is 0 Å². The lowest BCUT2D eigenvalue weighted by atomic mass is 9.80. The maximum Gasteiger partial charge on any atom is 0.121 e. The molecule has 252 valence electrons. The van der Waals surface area contributed by atoms with Crippen molar-refractivity contribution in [2.24, 2.45) is 0 Å². The molecule has 0 fully saturated rings. The van der Waals surface area contributed by atoms with Crippen LogP contribution < -0.4 is 0 Å². The smallest absolute Gasteiger partial charge is 0.121 e. The molecule has 0 amide bonds. The minimum atomic E-state index is -0.400. The van der Waals surface area contributed by atoms with E-state index >= 15 is 0 Å². The van der Waals surface area contributed by atoms with Crippen molar-refractivity contribution in [1.82, 2.24) is 19.6 Å². The van der Waals surface area contributed by atoms with Gasteiger partial charge in [-0.25, -0.2) is 0 Å². The average Bonchev–Trinajstić information content (AvgIpc) is 3.05. The predicted octanol–water partition coefficient (Wildman–Crippen LogP) is 9.00. The van der Waals surface area contributed by atoms with Gasteiger partial charge in [-0.3, -0.25) is 19.6 Å². The summed E-state index contributed by atoms with van der Waals surface area (Å²) in [5.74, 6) is 0.136. The molecule has 4 unspecified atom stereocenters. The molecule has 0 aromatic heterocycles. The fourth-order valence-corrected chi connectivity index (χ4v) is 6.30. The number of hydrogen-bond acceptors (Lipinski definition) is 5. The summed E-state index contributed by atoms with van der Waals surface area (Å²) in [6, 6.07) is 0.476. The van der Waals surface area contributed by atoms with E-state index in [1.807, 2.05) is 79.0 Å². The van der Waals surface area contributed by atoms with Gasteiger partial charge in [0.15, 0.2) is 0 Å². The molecule has 0 saturated carbocycles. The van der Waals surface area contributed by atoms with Crippen LogP contribution >= 0.6 is 0 Å². The van der Waals surface area contributed by atoms with Crippen LogP contribution in [-0.2, 0) is 0 Å². The van der Waals surface area contributed by atoms with Gasteiger partial charge < -0.3 is 5.11 Å². The number of phenols is 1. The Bertz CT molecular complexity index is 1250. The quantitative estimate of drug-likeness (QED) is 0.0931. The molecule has 5 heteroatoms. The third kappa shape index (κ3) is 10.4. The molecule has 0 aliphatic carbocycles. The van der Waals surface area contributed by atoms with Crippen LogP contribution in [0.5, 0.6) is 5.75 Å². The van der Waals surface area contributed by atoms with Crippen LogP contribution in [0.2, 0.25) is 0 Å². The summed E-state index contributed by atoms with van der Waals surface area (Å²) < 4.78 is 0. The van der Waals surface area contributed by atoms with Crippen molar-refractivity contribution in [3.05, 3.63) is 180 Å². The predicted molar refractivity (Wildman–Crippen MR) is 208 cm³/mol. The molecular weight excluding hydrogens is 576 g/mol. The van der Waals surface area contributed by atoms with Crippen molar-refractivity contribution in [3.63, 3.8) is 0 Å². The van der Waals surface area contributed by atoms with Crippen LogP contribution in [0, 0.1) is 0 Å². The Hall–Kier alpha value is -4.26. The molecule has 0 spiro atoms. The molecule has 0 heterocycles. The molecule has 4 atom stereocenters. The maximum atomic E-state index is 12.3. The number of hydrogen-bond donors (Lipinski definition) is 1. The molecule has 0 bridgehead atoms. The number of nitrogens with zero attached hydrogens (tertiary/aromatic N) is 4. The van der Waals surface area contributed by atoms with Crippen molar-refractivity contribution in [2.45, 2.75) is 24.2 Å². The van der Waals surface area contributed by atoms with Crippen LogP contribution in [0.3, 0.4) is 0 Å². The van der Waals surface area contributed by atoms with Crippen molar-refractivity contribution >= 4 is 0 Å². The Kier molecular flexibility index (Phi) is 19.3. The third-order valence-electron chi connectivity index (χ3n) is 8.04. The van der Waals surface area contributed by atoms with Gasteiger partial charge in [0.25, 0.3) is 0 Å². The van der Waals surface area contributed by atoms with Gasteiger partial charge in [-0.05, 0) is 22.8 Å². The van der Waals surface area contributed by atoms with E-state index in [1.165, 1.54) is 0 Å². The van der Waals surface area contributed by atoms with Crippen molar-refractivity contribution in [2.75, 3.05) is 52.4 Å². The summed E-state index contributed by atoms with van der Waals surface area (Å²) in [5, 5.41) is 12.3. The first-order valence-corrected chi connectivity index (χ1v) is 16.0. The number of phenolic OH excluding ortho intramolecular Hbond substituents is 1. The Morgan fingerprint density at radius 2 is 0.660 bits per heavy atom. The molecule has 47 heavy (non-hydrogen) atoms. The summed E-state index contributed by atoms with van der Waals surface area (Å²) >= 11 is 0. The van der Waals surface area contributed by atoms with E-state index in [-0.39, 0.29) is 23.9 Å². The first-order valence-electron chi connectivity index (χ1n) is 16.0. The lowest BCUT2D eigenvalue weighted by Gasteiger charge is -2.41. The van der Waals surface area contributed by atoms with Gasteiger partial charge in [-0.15, -0.1) is 78.9 Å². The highest BCUT2D eigenvalue weighted by molar-refractivity contribution is 5.57. The molecule has 0 aliphatic heterocycles. The molecule has 1 aromatic rings. The highest BCUT2D eigenvalue weighted by Crippen LogP contribution is 2.47. The second kappa shape index (κ2) is 22.3. The lowest BCUT2D eigenvalue weighted by molar-refractivity contribution is 0.244. The van der Waals surface area contributed by atoms with E-state index in [0.29, 0.717) is 52.4 Å². The molecule has 5 nitrogen and oxygen atoms in total. The van der Waals surface area contributed by atoms with Crippen molar-refractivity contribution in [3.8, 4) is 5.75 Å².